The van der Waals surface area contributed by atoms with Crippen LogP contribution in [0.15, 0.2) is 59.4 Å². The lowest BCUT2D eigenvalue weighted by molar-refractivity contribution is -0.142. The van der Waals surface area contributed by atoms with Gasteiger partial charge in [-0.1, -0.05) is 74.6 Å². The predicted octanol–water partition coefficient (Wildman–Crippen LogP) is 5.19. The number of benzene rings is 2. The molecule has 3 fully saturated rings. The first-order valence-corrected chi connectivity index (χ1v) is 15.7. The highest BCUT2D eigenvalue weighted by Gasteiger charge is 2.44. The van der Waals surface area contributed by atoms with Crippen molar-refractivity contribution in [3.8, 4) is 0 Å². The van der Waals surface area contributed by atoms with Gasteiger partial charge < -0.3 is 14.6 Å². The fourth-order valence-electron chi connectivity index (χ4n) is 7.80. The van der Waals surface area contributed by atoms with E-state index in [1.54, 1.807) is 0 Å². The Morgan fingerprint density at radius 1 is 0.857 bits per heavy atom. The maximum Gasteiger partial charge on any atom is 0.328 e. The number of carbonyl (C=O) groups excluding carboxylic acids is 2. The Morgan fingerprint density at radius 2 is 1.50 bits per heavy atom. The van der Waals surface area contributed by atoms with Gasteiger partial charge in [-0.05, 0) is 56.2 Å². The lowest BCUT2D eigenvalue weighted by Crippen LogP contribution is -2.51. The number of carbonyl (C=O) groups is 2. The molecule has 0 spiro atoms. The minimum atomic E-state index is -0.936. The number of nitrogens with zero attached hydrogens (tertiary/aromatic N) is 3. The van der Waals surface area contributed by atoms with E-state index in [0.29, 0.717) is 23.6 Å². The van der Waals surface area contributed by atoms with Crippen LogP contribution in [-0.4, -0.2) is 57.6 Å². The summed E-state index contributed by atoms with van der Waals surface area (Å²) in [4.78, 5) is 47.7. The second kappa shape index (κ2) is 12.8. The summed E-state index contributed by atoms with van der Waals surface area (Å²) in [5.41, 5.74) is 1.68. The Labute approximate surface area is 247 Å². The fourth-order valence-corrected chi connectivity index (χ4v) is 7.80. The molecule has 3 heterocycles. The molecular formula is C34H42N4O4. The SMILES string of the molecule is COC(=O)C(Cc1ccccc1)NC(=O)c1nc2ccccc2n([C@H]2C[C@H]3CC[C@@H](C2)N3C2CCCCCCC2)c1=O. The molecule has 1 amide bonds. The van der Waals surface area contributed by atoms with Crippen molar-refractivity contribution >= 4 is 22.9 Å². The highest BCUT2D eigenvalue weighted by atomic mass is 16.5. The van der Waals surface area contributed by atoms with E-state index in [1.807, 2.05) is 59.2 Å². The molecule has 0 radical (unpaired) electrons. The van der Waals surface area contributed by atoms with Crippen molar-refractivity contribution in [2.75, 3.05) is 7.11 Å². The number of aromatic nitrogens is 2. The standard InChI is InChI=1S/C34H42N4O4/c1-42-34(41)29(20-23-12-6-5-7-13-23)36-32(39)31-33(40)38(30-17-11-10-16-28(30)35-31)27-21-25-18-19-26(22-27)37(25)24-14-8-3-2-4-9-15-24/h5-7,10-13,16-17,24-27,29H,2-4,8-9,14-15,18-22H2,1H3,(H,36,39)/t25-,26+,27+,29?. The zero-order chi connectivity index (χ0) is 29.1. The van der Waals surface area contributed by atoms with Gasteiger partial charge >= 0.3 is 5.97 Å². The summed E-state index contributed by atoms with van der Waals surface area (Å²) in [6.45, 7) is 0. The van der Waals surface area contributed by atoms with Crippen molar-refractivity contribution in [1.82, 2.24) is 19.8 Å². The van der Waals surface area contributed by atoms with Crippen LogP contribution in [0, 0.1) is 0 Å². The highest BCUT2D eigenvalue weighted by Crippen LogP contribution is 2.44. The van der Waals surface area contributed by atoms with Crippen LogP contribution in [0.2, 0.25) is 0 Å². The van der Waals surface area contributed by atoms with Gasteiger partial charge in [-0.3, -0.25) is 14.5 Å². The van der Waals surface area contributed by atoms with Crippen LogP contribution < -0.4 is 10.9 Å². The molecule has 1 saturated carbocycles. The van der Waals surface area contributed by atoms with Gasteiger partial charge in [0.05, 0.1) is 18.1 Å². The number of fused-ring (bicyclic) bond motifs is 3. The van der Waals surface area contributed by atoms with Gasteiger partial charge in [0.15, 0.2) is 5.69 Å². The summed E-state index contributed by atoms with van der Waals surface area (Å²) in [5, 5.41) is 2.76. The van der Waals surface area contributed by atoms with E-state index in [4.69, 9.17) is 4.74 Å². The van der Waals surface area contributed by atoms with Gasteiger partial charge in [0.1, 0.15) is 6.04 Å². The maximum atomic E-state index is 14.1. The molecule has 1 aromatic heterocycles. The lowest BCUT2D eigenvalue weighted by Gasteiger charge is -2.45. The molecule has 2 aromatic carbocycles. The third-order valence-electron chi connectivity index (χ3n) is 9.71. The lowest BCUT2D eigenvalue weighted by atomic mass is 9.89. The number of methoxy groups -OCH3 is 1. The van der Waals surface area contributed by atoms with E-state index in [1.165, 1.54) is 64.9 Å². The number of nitrogens with one attached hydrogen (secondary N) is 1. The molecule has 8 nitrogen and oxygen atoms in total. The average Bonchev–Trinajstić information content (AvgIpc) is 3.24. The van der Waals surface area contributed by atoms with E-state index in [2.05, 4.69) is 15.2 Å². The van der Waals surface area contributed by atoms with E-state index in [9.17, 15) is 14.4 Å². The number of hydrogen-bond acceptors (Lipinski definition) is 6. The first kappa shape index (κ1) is 28.6. The Morgan fingerprint density at radius 3 is 2.19 bits per heavy atom. The number of ether oxygens (including phenoxy) is 1. The monoisotopic (exact) mass is 570 g/mol. The summed E-state index contributed by atoms with van der Waals surface area (Å²) in [7, 11) is 1.30. The van der Waals surface area contributed by atoms with E-state index < -0.39 is 23.5 Å². The molecule has 4 atom stereocenters. The third-order valence-corrected chi connectivity index (χ3v) is 9.71. The molecular weight excluding hydrogens is 528 g/mol. The van der Waals surface area contributed by atoms with E-state index in [-0.39, 0.29) is 18.2 Å². The Bertz CT molecular complexity index is 1450. The number of hydrogen-bond donors (Lipinski definition) is 1. The van der Waals surface area contributed by atoms with E-state index >= 15 is 0 Å². The zero-order valence-corrected chi connectivity index (χ0v) is 24.5. The van der Waals surface area contributed by atoms with Gasteiger partial charge in [-0.15, -0.1) is 0 Å². The van der Waals surface area contributed by atoms with Crippen LogP contribution in [-0.2, 0) is 16.0 Å². The average molecular weight is 571 g/mol. The number of rotatable bonds is 7. The molecule has 3 aliphatic rings. The molecule has 2 saturated heterocycles. The number of amides is 1. The van der Waals surface area contributed by atoms with Gasteiger partial charge in [-0.25, -0.2) is 9.78 Å². The number of para-hydroxylation sites is 2. The molecule has 42 heavy (non-hydrogen) atoms. The molecule has 6 rings (SSSR count). The van der Waals surface area contributed by atoms with Gasteiger partial charge in [0.2, 0.25) is 0 Å². The van der Waals surface area contributed by atoms with Gasteiger partial charge in [0, 0.05) is 30.6 Å². The molecule has 8 heteroatoms. The largest absolute Gasteiger partial charge is 0.467 e. The van der Waals surface area contributed by atoms with Gasteiger partial charge in [-0.2, -0.15) is 0 Å². The molecule has 1 aliphatic carbocycles. The first-order chi connectivity index (χ1) is 20.5. The molecule has 2 bridgehead atoms. The molecule has 1 N–H and O–H groups in total. The van der Waals surface area contributed by atoms with Crippen molar-refractivity contribution in [3.05, 3.63) is 76.2 Å². The molecule has 3 aromatic rings. The maximum absolute atomic E-state index is 14.1. The van der Waals surface area contributed by atoms with Crippen molar-refractivity contribution in [2.45, 2.75) is 107 Å². The minimum absolute atomic E-state index is 0.0000198. The summed E-state index contributed by atoms with van der Waals surface area (Å²) in [6.07, 6.45) is 13.6. The molecule has 222 valence electrons. The topological polar surface area (TPSA) is 93.5 Å². The summed E-state index contributed by atoms with van der Waals surface area (Å²) >= 11 is 0. The van der Waals surface area contributed by atoms with Crippen LogP contribution >= 0.6 is 0 Å². The predicted molar refractivity (Wildman–Crippen MR) is 162 cm³/mol. The fraction of sp³-hybridized carbons (Fsp3) is 0.529. The first-order valence-electron chi connectivity index (χ1n) is 15.7. The minimum Gasteiger partial charge on any atom is -0.467 e. The second-order valence-electron chi connectivity index (χ2n) is 12.3. The van der Waals surface area contributed by atoms with Crippen LogP contribution in [0.3, 0.4) is 0 Å². The third kappa shape index (κ3) is 5.87. The number of esters is 1. The van der Waals surface area contributed by atoms with Crippen LogP contribution in [0.5, 0.6) is 0 Å². The van der Waals surface area contributed by atoms with Gasteiger partial charge in [0.25, 0.3) is 11.5 Å². The van der Waals surface area contributed by atoms with Crippen LogP contribution in [0.25, 0.3) is 11.0 Å². The smallest absolute Gasteiger partial charge is 0.328 e. The van der Waals surface area contributed by atoms with Crippen molar-refractivity contribution in [1.29, 1.82) is 0 Å². The van der Waals surface area contributed by atoms with Crippen molar-refractivity contribution < 1.29 is 14.3 Å². The summed E-state index contributed by atoms with van der Waals surface area (Å²) in [6, 6.07) is 17.6. The Balaban J connectivity index is 1.29. The van der Waals surface area contributed by atoms with Crippen molar-refractivity contribution in [2.24, 2.45) is 0 Å². The van der Waals surface area contributed by atoms with Crippen LogP contribution in [0.1, 0.15) is 92.7 Å². The summed E-state index contributed by atoms with van der Waals surface area (Å²) in [5.74, 6) is -1.22. The van der Waals surface area contributed by atoms with Crippen LogP contribution in [0.4, 0.5) is 0 Å². The molecule has 1 unspecified atom stereocenters. The Hall–Kier alpha value is -3.52. The molecule has 2 aliphatic heterocycles. The number of piperidine rings is 1. The Kier molecular flexibility index (Phi) is 8.70. The van der Waals surface area contributed by atoms with E-state index in [0.717, 1.165) is 23.9 Å². The van der Waals surface area contributed by atoms with Crippen molar-refractivity contribution in [3.63, 3.8) is 0 Å². The quantitative estimate of drug-likeness (QED) is 0.393. The summed E-state index contributed by atoms with van der Waals surface area (Å²) < 4.78 is 6.82. The normalized spacial score (nSPS) is 24.1. The highest BCUT2D eigenvalue weighted by molar-refractivity contribution is 5.96. The zero-order valence-electron chi connectivity index (χ0n) is 24.5. The second-order valence-corrected chi connectivity index (χ2v) is 12.3.